The number of hydrogen-bond acceptors (Lipinski definition) is 8. The van der Waals surface area contributed by atoms with Gasteiger partial charge in [0.1, 0.15) is 0 Å². The summed E-state index contributed by atoms with van der Waals surface area (Å²) in [7, 11) is -5.35. The molecule has 0 atom stereocenters. The maximum Gasteiger partial charge on any atom is 0.500 e. The van der Waals surface area contributed by atoms with E-state index in [2.05, 4.69) is 0 Å². The molecule has 2 amide bonds. The molecule has 14 heteroatoms. The summed E-state index contributed by atoms with van der Waals surface area (Å²) in [5.74, 6) is 0. The van der Waals surface area contributed by atoms with Crippen LogP contribution in [-0.4, -0.2) is 114 Å². The van der Waals surface area contributed by atoms with Crippen LogP contribution >= 0.6 is 0 Å². The zero-order valence-corrected chi connectivity index (χ0v) is 30.5. The van der Waals surface area contributed by atoms with E-state index in [0.29, 0.717) is 77.7 Å². The molecule has 0 aromatic carbocycles. The highest BCUT2D eigenvalue weighted by atomic mass is 28.4. The van der Waals surface area contributed by atoms with Crippen molar-refractivity contribution in [1.29, 1.82) is 0 Å². The Balaban J connectivity index is 0. The number of carbonyl (C=O) groups is 2. The van der Waals surface area contributed by atoms with Gasteiger partial charge in [-0.15, -0.1) is 0 Å². The van der Waals surface area contributed by atoms with Crippen molar-refractivity contribution in [2.45, 2.75) is 119 Å². The van der Waals surface area contributed by atoms with Crippen LogP contribution in [0.4, 0.5) is 9.59 Å². The molecule has 0 radical (unpaired) electrons. The average molecular weight is 643 g/mol. The summed E-state index contributed by atoms with van der Waals surface area (Å²) < 4.78 is 34.6. The molecule has 2 N–H and O–H groups in total. The van der Waals surface area contributed by atoms with E-state index in [1.54, 1.807) is 0 Å². The van der Waals surface area contributed by atoms with Crippen molar-refractivity contribution < 1.29 is 46.4 Å². The fourth-order valence-corrected chi connectivity index (χ4v) is 9.53. The first-order valence-electron chi connectivity index (χ1n) is 15.3. The quantitative estimate of drug-likeness (QED) is 0.143. The Morgan fingerprint density at radius 3 is 0.881 bits per heavy atom. The van der Waals surface area contributed by atoms with Crippen molar-refractivity contribution in [3.63, 3.8) is 0 Å². The van der Waals surface area contributed by atoms with Gasteiger partial charge in [-0.05, 0) is 95.9 Å². The number of rotatable bonds is 20. The predicted molar refractivity (Wildman–Crippen MR) is 169 cm³/mol. The molecule has 0 unspecified atom stereocenters. The zero-order chi connectivity index (χ0) is 33.0. The second kappa shape index (κ2) is 21.4. The fraction of sp³-hybridized carbons (Fsp3) is 0.929. The fourth-order valence-electron chi connectivity index (χ4n) is 4.35. The number of carboxylic acid groups (broad SMARTS) is 2. The van der Waals surface area contributed by atoms with E-state index in [-0.39, 0.29) is 0 Å². The number of amides is 2. The normalized spacial score (nSPS) is 12.5. The molecular weight excluding hydrogens is 580 g/mol. The largest absolute Gasteiger partial charge is 0.500 e. The van der Waals surface area contributed by atoms with E-state index >= 15 is 0 Å². The van der Waals surface area contributed by atoms with Crippen LogP contribution < -0.4 is 0 Å². The van der Waals surface area contributed by atoms with Crippen molar-refractivity contribution in [1.82, 2.24) is 9.80 Å². The summed E-state index contributed by atoms with van der Waals surface area (Å²) in [4.78, 5) is 25.5. The maximum atomic E-state index is 11.3. The molecule has 0 aromatic heterocycles. The van der Waals surface area contributed by atoms with Gasteiger partial charge in [-0.3, -0.25) is 0 Å². The lowest BCUT2D eigenvalue weighted by molar-refractivity contribution is 0.0664. The van der Waals surface area contributed by atoms with Crippen LogP contribution in [0.2, 0.25) is 12.1 Å². The molecule has 0 aliphatic rings. The summed E-state index contributed by atoms with van der Waals surface area (Å²) >= 11 is 0. The van der Waals surface area contributed by atoms with Gasteiger partial charge in [0.25, 0.3) is 0 Å². The highest BCUT2D eigenvalue weighted by molar-refractivity contribution is 6.61. The third-order valence-electron chi connectivity index (χ3n) is 6.00. The Hall–Kier alpha value is -1.27. The molecule has 0 saturated carbocycles. The van der Waals surface area contributed by atoms with Crippen molar-refractivity contribution in [3.05, 3.63) is 0 Å². The van der Waals surface area contributed by atoms with Crippen molar-refractivity contribution >= 4 is 29.8 Å². The minimum absolute atomic E-state index is 0.418. The van der Waals surface area contributed by atoms with Crippen molar-refractivity contribution in [2.24, 2.45) is 0 Å². The van der Waals surface area contributed by atoms with Gasteiger partial charge in [0.2, 0.25) is 0 Å². The number of hydrogen-bond donors (Lipinski definition) is 2. The summed E-state index contributed by atoms with van der Waals surface area (Å²) in [5.41, 5.74) is -0.836. The second-order valence-electron chi connectivity index (χ2n) is 11.4. The van der Waals surface area contributed by atoms with Gasteiger partial charge in [0.15, 0.2) is 0 Å². The molecule has 0 spiro atoms. The minimum atomic E-state index is -2.68. The van der Waals surface area contributed by atoms with Gasteiger partial charge in [-0.1, -0.05) is 0 Å². The lowest BCUT2D eigenvalue weighted by Gasteiger charge is -2.34. The van der Waals surface area contributed by atoms with Gasteiger partial charge in [-0.2, -0.15) is 0 Å². The predicted octanol–water partition coefficient (Wildman–Crippen LogP) is 6.41. The highest BCUT2D eigenvalue weighted by Gasteiger charge is 2.41. The van der Waals surface area contributed by atoms with Gasteiger partial charge in [0.05, 0.1) is 0 Å². The lowest BCUT2D eigenvalue weighted by Crippen LogP contribution is -2.48. The maximum absolute atomic E-state index is 11.3. The Kier molecular flexibility index (Phi) is 21.9. The summed E-state index contributed by atoms with van der Waals surface area (Å²) in [5, 5.41) is 18.6. The molecule has 0 aliphatic heterocycles. The van der Waals surface area contributed by atoms with Gasteiger partial charge >= 0.3 is 29.8 Å². The van der Waals surface area contributed by atoms with Crippen LogP contribution in [-0.2, 0) is 26.6 Å². The summed E-state index contributed by atoms with van der Waals surface area (Å²) in [6, 6.07) is 1.25. The third-order valence-corrected chi connectivity index (χ3v) is 12.3. The Labute approximate surface area is 257 Å². The van der Waals surface area contributed by atoms with Crippen molar-refractivity contribution in [3.8, 4) is 0 Å². The van der Waals surface area contributed by atoms with Crippen LogP contribution in [0, 0.1) is 0 Å². The smallest absolute Gasteiger partial charge is 0.465 e. The second-order valence-corrected chi connectivity index (χ2v) is 16.8. The molecule has 12 nitrogen and oxygen atoms in total. The third kappa shape index (κ3) is 17.1. The molecule has 0 fully saturated rings. The first-order valence-corrected chi connectivity index (χ1v) is 19.2. The van der Waals surface area contributed by atoms with E-state index in [1.807, 2.05) is 83.1 Å². The first kappa shape index (κ1) is 42.9. The Bertz CT molecular complexity index is 638. The molecule has 0 aromatic rings. The molecule has 0 rings (SSSR count). The van der Waals surface area contributed by atoms with Crippen LogP contribution in [0.1, 0.15) is 95.9 Å². The Morgan fingerprint density at radius 1 is 0.524 bits per heavy atom. The average Bonchev–Trinajstić information content (AvgIpc) is 2.84. The molecule has 0 aliphatic carbocycles. The SMILES string of the molecule is CCO[Si](CCCN(C(=O)O)C(C)(C)C)(OCC)OCC.CCO[Si](CCCN(C(=O)O)C(C)(C)C)(OCC)OCC. The topological polar surface area (TPSA) is 136 Å². The van der Waals surface area contributed by atoms with Crippen LogP contribution in [0.5, 0.6) is 0 Å². The summed E-state index contributed by atoms with van der Waals surface area (Å²) in [6.45, 7) is 26.9. The van der Waals surface area contributed by atoms with Gasteiger partial charge < -0.3 is 46.6 Å². The van der Waals surface area contributed by atoms with E-state index in [1.165, 1.54) is 9.80 Å². The summed E-state index contributed by atoms with van der Waals surface area (Å²) in [6.07, 6.45) is -0.482. The monoisotopic (exact) mass is 642 g/mol. The zero-order valence-electron chi connectivity index (χ0n) is 28.5. The standard InChI is InChI=1S/2C14H31NO5Si/c2*1-7-18-21(19-8-2,20-9-3)12-10-11-15(13(16)17)14(4,5)6/h2*7-12H2,1-6H3,(H,16,17). The van der Waals surface area contributed by atoms with E-state index in [9.17, 15) is 19.8 Å². The first-order chi connectivity index (χ1) is 19.4. The van der Waals surface area contributed by atoms with Crippen LogP contribution in [0.15, 0.2) is 0 Å². The van der Waals surface area contributed by atoms with E-state index < -0.39 is 40.9 Å². The molecule has 252 valence electrons. The molecule has 0 bridgehead atoms. The van der Waals surface area contributed by atoms with Gasteiger partial charge in [-0.25, -0.2) is 9.59 Å². The lowest BCUT2D eigenvalue weighted by atomic mass is 10.1. The molecular formula is C28H62N2O10Si2. The number of nitrogens with zero attached hydrogens (tertiary/aromatic N) is 2. The highest BCUT2D eigenvalue weighted by Crippen LogP contribution is 2.22. The molecule has 0 saturated heterocycles. The van der Waals surface area contributed by atoms with Crippen molar-refractivity contribution in [2.75, 3.05) is 52.7 Å². The van der Waals surface area contributed by atoms with Gasteiger partial charge in [0, 0.05) is 75.9 Å². The Morgan fingerprint density at radius 2 is 0.738 bits per heavy atom. The van der Waals surface area contributed by atoms with Crippen LogP contribution in [0.25, 0.3) is 0 Å². The minimum Gasteiger partial charge on any atom is -0.465 e. The van der Waals surface area contributed by atoms with Crippen LogP contribution in [0.3, 0.4) is 0 Å². The van der Waals surface area contributed by atoms with E-state index in [0.717, 1.165) is 0 Å². The molecule has 42 heavy (non-hydrogen) atoms. The van der Waals surface area contributed by atoms with E-state index in [4.69, 9.17) is 26.6 Å². The molecule has 0 heterocycles.